The first-order valence-corrected chi connectivity index (χ1v) is 17.2. The Morgan fingerprint density at radius 2 is 1.36 bits per heavy atom. The molecule has 0 aliphatic heterocycles. The van der Waals surface area contributed by atoms with Crippen LogP contribution in [0.4, 0.5) is 17.2 Å². The molecule has 0 atom stereocenters. The van der Waals surface area contributed by atoms with Crippen molar-refractivity contribution in [1.29, 1.82) is 0 Å². The molecule has 0 amide bonds. The van der Waals surface area contributed by atoms with Gasteiger partial charge in [0, 0.05) is 34.0 Å². The number of fused-ring (bicyclic) bond motifs is 1. The standard InChI is InChI=1S/C45H44N4O/c1-44(2,3)32-28-37(43(50-7)38(29-32)45(4,5)6)42-36-23-12-14-25-40(36)49(47-42)34-21-17-20-33(30-34)48(41-26-15-16-27-46-41)39-24-13-11-22-35(39)31-18-9-8-10-19-31/h8-30H,1-7H3. The Hall–Kier alpha value is -5.68. The molecule has 50 heavy (non-hydrogen) atoms. The van der Waals surface area contributed by atoms with Crippen molar-refractivity contribution in [3.63, 3.8) is 0 Å². The van der Waals surface area contributed by atoms with Crippen molar-refractivity contribution in [1.82, 2.24) is 14.8 Å². The molecule has 0 fully saturated rings. The highest BCUT2D eigenvalue weighted by Gasteiger charge is 2.28. The minimum Gasteiger partial charge on any atom is -0.496 e. The summed E-state index contributed by atoms with van der Waals surface area (Å²) in [5.41, 5.74) is 10.4. The molecule has 5 aromatic carbocycles. The number of methoxy groups -OCH3 is 1. The van der Waals surface area contributed by atoms with Gasteiger partial charge >= 0.3 is 0 Å². The Morgan fingerprint density at radius 1 is 0.640 bits per heavy atom. The zero-order valence-electron chi connectivity index (χ0n) is 30.0. The highest BCUT2D eigenvalue weighted by Crippen LogP contribution is 2.45. The van der Waals surface area contributed by atoms with Crippen molar-refractivity contribution in [3.8, 4) is 33.8 Å². The number of pyridine rings is 1. The van der Waals surface area contributed by atoms with Gasteiger partial charge < -0.3 is 4.74 Å². The quantitative estimate of drug-likeness (QED) is 0.171. The van der Waals surface area contributed by atoms with Crippen LogP contribution in [-0.4, -0.2) is 21.9 Å². The van der Waals surface area contributed by atoms with Gasteiger partial charge in [0.1, 0.15) is 17.3 Å². The molecule has 0 bridgehead atoms. The van der Waals surface area contributed by atoms with E-state index in [0.717, 1.165) is 61.9 Å². The van der Waals surface area contributed by atoms with E-state index in [9.17, 15) is 0 Å². The van der Waals surface area contributed by atoms with Gasteiger partial charge in [-0.05, 0) is 70.5 Å². The highest BCUT2D eigenvalue weighted by atomic mass is 16.5. The average molecular weight is 657 g/mol. The van der Waals surface area contributed by atoms with E-state index in [0.29, 0.717) is 0 Å². The van der Waals surface area contributed by atoms with E-state index in [1.165, 1.54) is 11.1 Å². The fourth-order valence-corrected chi connectivity index (χ4v) is 6.65. The van der Waals surface area contributed by atoms with Gasteiger partial charge in [0.15, 0.2) is 0 Å². The predicted molar refractivity (Wildman–Crippen MR) is 208 cm³/mol. The van der Waals surface area contributed by atoms with Crippen molar-refractivity contribution in [2.24, 2.45) is 0 Å². The van der Waals surface area contributed by atoms with E-state index in [1.807, 2.05) is 24.4 Å². The van der Waals surface area contributed by atoms with Crippen LogP contribution in [0.25, 0.3) is 39.0 Å². The van der Waals surface area contributed by atoms with E-state index >= 15 is 0 Å². The Balaban J connectivity index is 1.44. The predicted octanol–water partition coefficient (Wildman–Crippen LogP) is 11.8. The van der Waals surface area contributed by atoms with E-state index in [2.05, 4.69) is 166 Å². The van der Waals surface area contributed by atoms with Gasteiger partial charge in [0.05, 0.1) is 24.0 Å². The van der Waals surface area contributed by atoms with Gasteiger partial charge in [-0.1, -0.05) is 126 Å². The minimum atomic E-state index is -0.126. The molecular weight excluding hydrogens is 613 g/mol. The molecule has 0 saturated heterocycles. The second kappa shape index (κ2) is 13.0. The summed E-state index contributed by atoms with van der Waals surface area (Å²) in [4.78, 5) is 7.05. The topological polar surface area (TPSA) is 43.2 Å². The first-order chi connectivity index (χ1) is 24.0. The van der Waals surface area contributed by atoms with Gasteiger partial charge in [0.25, 0.3) is 0 Å². The zero-order chi connectivity index (χ0) is 35.0. The first-order valence-electron chi connectivity index (χ1n) is 17.2. The van der Waals surface area contributed by atoms with E-state index in [-0.39, 0.29) is 10.8 Å². The third-order valence-electron chi connectivity index (χ3n) is 9.25. The second-order valence-electron chi connectivity index (χ2n) is 14.8. The zero-order valence-corrected chi connectivity index (χ0v) is 30.0. The molecule has 0 aliphatic rings. The molecule has 250 valence electrons. The van der Waals surface area contributed by atoms with Gasteiger partial charge in [-0.2, -0.15) is 5.10 Å². The molecule has 0 N–H and O–H groups in total. The van der Waals surface area contributed by atoms with Crippen molar-refractivity contribution in [2.45, 2.75) is 52.4 Å². The normalized spacial score (nSPS) is 11.9. The van der Waals surface area contributed by atoms with Crippen LogP contribution in [0.3, 0.4) is 0 Å². The summed E-state index contributed by atoms with van der Waals surface area (Å²) < 4.78 is 8.29. The van der Waals surface area contributed by atoms with E-state index < -0.39 is 0 Å². The van der Waals surface area contributed by atoms with Crippen LogP contribution in [0, 0.1) is 0 Å². The lowest BCUT2D eigenvalue weighted by Gasteiger charge is -2.28. The van der Waals surface area contributed by atoms with E-state index in [1.54, 1.807) is 7.11 Å². The Bertz CT molecular complexity index is 2280. The first kappa shape index (κ1) is 32.8. The fraction of sp³-hybridized carbons (Fsp3) is 0.200. The fourth-order valence-electron chi connectivity index (χ4n) is 6.65. The third-order valence-corrected chi connectivity index (χ3v) is 9.25. The van der Waals surface area contributed by atoms with Crippen LogP contribution < -0.4 is 9.64 Å². The number of nitrogens with zero attached hydrogens (tertiary/aromatic N) is 4. The van der Waals surface area contributed by atoms with Gasteiger partial charge in [0.2, 0.25) is 0 Å². The van der Waals surface area contributed by atoms with Crippen LogP contribution >= 0.6 is 0 Å². The summed E-state index contributed by atoms with van der Waals surface area (Å²) in [6.45, 7) is 13.5. The largest absolute Gasteiger partial charge is 0.496 e. The Kier molecular flexibility index (Phi) is 8.53. The summed E-state index contributed by atoms with van der Waals surface area (Å²) in [6.07, 6.45) is 1.84. The van der Waals surface area contributed by atoms with Crippen LogP contribution in [0.2, 0.25) is 0 Å². The molecule has 0 aliphatic carbocycles. The number of anilines is 3. The maximum Gasteiger partial charge on any atom is 0.137 e. The van der Waals surface area contributed by atoms with Gasteiger partial charge in [-0.25, -0.2) is 9.67 Å². The number of hydrogen-bond donors (Lipinski definition) is 0. The number of ether oxygens (including phenoxy) is 1. The average Bonchev–Trinajstić information content (AvgIpc) is 3.51. The Morgan fingerprint density at radius 3 is 2.08 bits per heavy atom. The van der Waals surface area contributed by atoms with Crippen molar-refractivity contribution in [2.75, 3.05) is 12.0 Å². The van der Waals surface area contributed by atoms with Crippen molar-refractivity contribution in [3.05, 3.63) is 151 Å². The lowest BCUT2D eigenvalue weighted by molar-refractivity contribution is 0.398. The number of hydrogen-bond acceptors (Lipinski definition) is 4. The van der Waals surface area contributed by atoms with Crippen LogP contribution in [-0.2, 0) is 10.8 Å². The summed E-state index contributed by atoms with van der Waals surface area (Å²) in [6, 6.07) is 46.6. The molecule has 0 unspecified atom stereocenters. The molecular formula is C45H44N4O. The number of aromatic nitrogens is 3. The van der Waals surface area contributed by atoms with Crippen LogP contribution in [0.5, 0.6) is 5.75 Å². The van der Waals surface area contributed by atoms with Crippen molar-refractivity contribution >= 4 is 28.1 Å². The number of benzene rings is 5. The smallest absolute Gasteiger partial charge is 0.137 e. The highest BCUT2D eigenvalue weighted by molar-refractivity contribution is 5.96. The number of para-hydroxylation sites is 2. The van der Waals surface area contributed by atoms with Crippen LogP contribution in [0.1, 0.15) is 52.7 Å². The summed E-state index contributed by atoms with van der Waals surface area (Å²) >= 11 is 0. The maximum absolute atomic E-state index is 6.22. The molecule has 5 heteroatoms. The second-order valence-corrected chi connectivity index (χ2v) is 14.8. The molecule has 2 aromatic heterocycles. The third kappa shape index (κ3) is 6.16. The lowest BCUT2D eigenvalue weighted by Crippen LogP contribution is -2.18. The van der Waals surface area contributed by atoms with E-state index in [4.69, 9.17) is 14.8 Å². The summed E-state index contributed by atoms with van der Waals surface area (Å²) in [7, 11) is 1.77. The SMILES string of the molecule is COc1c(-c2nn(-c3cccc(N(c4ccccn4)c4ccccc4-c4ccccc4)c3)c3ccccc23)cc(C(C)(C)C)cc1C(C)(C)C. The van der Waals surface area contributed by atoms with Crippen molar-refractivity contribution < 1.29 is 4.74 Å². The molecule has 7 rings (SSSR count). The number of rotatable bonds is 7. The molecule has 5 nitrogen and oxygen atoms in total. The summed E-state index contributed by atoms with van der Waals surface area (Å²) in [5.74, 6) is 1.70. The van der Waals surface area contributed by atoms with Gasteiger partial charge in [-0.15, -0.1) is 0 Å². The summed E-state index contributed by atoms with van der Waals surface area (Å²) in [5, 5.41) is 6.47. The van der Waals surface area contributed by atoms with Gasteiger partial charge in [-0.3, -0.25) is 4.90 Å². The van der Waals surface area contributed by atoms with Crippen LogP contribution in [0.15, 0.2) is 140 Å². The maximum atomic E-state index is 6.22. The molecule has 7 aromatic rings. The molecule has 0 spiro atoms. The minimum absolute atomic E-state index is 0.0568. The molecule has 0 saturated carbocycles. The molecule has 0 radical (unpaired) electrons. The lowest BCUT2D eigenvalue weighted by atomic mass is 9.78. The molecule has 2 heterocycles. The monoisotopic (exact) mass is 656 g/mol. The Labute approximate surface area is 295 Å².